The summed E-state index contributed by atoms with van der Waals surface area (Å²) in [5.41, 5.74) is 1.78. The number of aromatic nitrogens is 6. The zero-order chi connectivity index (χ0) is 24.9. The third-order valence-corrected chi connectivity index (χ3v) is 6.24. The Balaban J connectivity index is 1.33. The molecule has 1 aliphatic rings. The maximum absolute atomic E-state index is 12.8. The smallest absolute Gasteiger partial charge is 0.332 e. The van der Waals surface area contributed by atoms with Crippen LogP contribution in [0, 0.1) is 0 Å². The van der Waals surface area contributed by atoms with Gasteiger partial charge in [-0.3, -0.25) is 23.8 Å². The van der Waals surface area contributed by atoms with Gasteiger partial charge in [-0.05, 0) is 48.9 Å². The Morgan fingerprint density at radius 1 is 1.06 bits per heavy atom. The molecule has 0 unspecified atom stereocenters. The van der Waals surface area contributed by atoms with E-state index in [1.54, 1.807) is 18.5 Å². The predicted molar refractivity (Wildman–Crippen MR) is 136 cm³/mol. The van der Waals surface area contributed by atoms with Crippen molar-refractivity contribution in [1.82, 2.24) is 34.2 Å². The first-order valence-corrected chi connectivity index (χ1v) is 12.0. The van der Waals surface area contributed by atoms with Gasteiger partial charge in [0, 0.05) is 50.3 Å². The van der Waals surface area contributed by atoms with Gasteiger partial charge in [0.25, 0.3) is 5.56 Å². The molecule has 1 N–H and O–H groups in total. The number of anilines is 1. The summed E-state index contributed by atoms with van der Waals surface area (Å²) in [4.78, 5) is 36.6. The molecule has 5 rings (SSSR count). The maximum atomic E-state index is 12.8. The van der Waals surface area contributed by atoms with Crippen molar-refractivity contribution < 1.29 is 4.74 Å². The topological polar surface area (TPSA) is 120 Å². The number of rotatable bonds is 8. The molecule has 36 heavy (non-hydrogen) atoms. The fraction of sp³-hybridized carbons (Fsp3) is 0.360. The lowest BCUT2D eigenvalue weighted by Crippen LogP contribution is -2.39. The highest BCUT2D eigenvalue weighted by Crippen LogP contribution is 2.18. The highest BCUT2D eigenvalue weighted by molar-refractivity contribution is 5.71. The van der Waals surface area contributed by atoms with Crippen molar-refractivity contribution >= 4 is 16.9 Å². The van der Waals surface area contributed by atoms with Crippen molar-refractivity contribution in [2.45, 2.75) is 13.0 Å². The molecular formula is C25H28N8O3. The number of morpholine rings is 1. The molecular weight excluding hydrogens is 460 g/mol. The molecule has 3 aromatic heterocycles. The molecule has 4 aromatic rings. The standard InChI is InChI=1S/C25H28N8O3/c1-31-24(34)21-23(33(25(31)35)17-18-4-2-9-26-16-18)30-29-22(28-21)19-5-7-20(8-6-19)27-10-3-11-32-12-14-36-15-13-32/h2,4-9,16,27H,3,10-15,17H2,1H3. The predicted octanol–water partition coefficient (Wildman–Crippen LogP) is 1.13. The van der Waals surface area contributed by atoms with E-state index in [1.807, 2.05) is 30.3 Å². The summed E-state index contributed by atoms with van der Waals surface area (Å²) in [6.07, 6.45) is 4.37. The Bertz CT molecular complexity index is 1440. The number of fused-ring (bicyclic) bond motifs is 1. The number of pyridine rings is 1. The lowest BCUT2D eigenvalue weighted by atomic mass is 10.2. The van der Waals surface area contributed by atoms with Crippen LogP contribution in [0.25, 0.3) is 22.6 Å². The molecule has 0 radical (unpaired) electrons. The summed E-state index contributed by atoms with van der Waals surface area (Å²) in [5, 5.41) is 11.9. The molecule has 11 nitrogen and oxygen atoms in total. The fourth-order valence-electron chi connectivity index (χ4n) is 4.20. The SMILES string of the molecule is Cn1c(=O)c2nc(-c3ccc(NCCCN4CCOCC4)cc3)nnc2n(Cc2cccnc2)c1=O. The number of hydrogen-bond donors (Lipinski definition) is 1. The van der Waals surface area contributed by atoms with Gasteiger partial charge in [-0.15, -0.1) is 10.2 Å². The lowest BCUT2D eigenvalue weighted by molar-refractivity contribution is 0.0378. The van der Waals surface area contributed by atoms with Gasteiger partial charge in [0.2, 0.25) is 0 Å². The van der Waals surface area contributed by atoms with Gasteiger partial charge in [-0.1, -0.05) is 6.07 Å². The molecule has 186 valence electrons. The van der Waals surface area contributed by atoms with Crippen molar-refractivity contribution in [2.24, 2.45) is 7.05 Å². The van der Waals surface area contributed by atoms with Gasteiger partial charge in [0.15, 0.2) is 17.0 Å². The third kappa shape index (κ3) is 5.16. The minimum Gasteiger partial charge on any atom is -0.385 e. The van der Waals surface area contributed by atoms with Crippen LogP contribution in [0.1, 0.15) is 12.0 Å². The molecule has 1 fully saturated rings. The Hall–Kier alpha value is -3.96. The first-order valence-electron chi connectivity index (χ1n) is 12.0. The zero-order valence-electron chi connectivity index (χ0n) is 20.1. The number of ether oxygens (including phenoxy) is 1. The molecule has 11 heteroatoms. The molecule has 0 atom stereocenters. The lowest BCUT2D eigenvalue weighted by Gasteiger charge is -2.26. The summed E-state index contributed by atoms with van der Waals surface area (Å²) in [7, 11) is 1.44. The summed E-state index contributed by atoms with van der Waals surface area (Å²) in [6.45, 7) is 5.75. The second-order valence-corrected chi connectivity index (χ2v) is 8.71. The van der Waals surface area contributed by atoms with Crippen molar-refractivity contribution in [1.29, 1.82) is 0 Å². The van der Waals surface area contributed by atoms with E-state index in [9.17, 15) is 9.59 Å². The van der Waals surface area contributed by atoms with Gasteiger partial charge in [-0.25, -0.2) is 9.78 Å². The summed E-state index contributed by atoms with van der Waals surface area (Å²) < 4.78 is 7.82. The number of nitrogens with zero attached hydrogens (tertiary/aromatic N) is 7. The van der Waals surface area contributed by atoms with E-state index < -0.39 is 11.2 Å². The van der Waals surface area contributed by atoms with Crippen LogP contribution in [-0.2, 0) is 18.3 Å². The van der Waals surface area contributed by atoms with E-state index in [2.05, 4.69) is 30.4 Å². The summed E-state index contributed by atoms with van der Waals surface area (Å²) in [6, 6.07) is 11.3. The van der Waals surface area contributed by atoms with Gasteiger partial charge in [-0.2, -0.15) is 0 Å². The minimum atomic E-state index is -0.507. The van der Waals surface area contributed by atoms with Crippen molar-refractivity contribution in [2.75, 3.05) is 44.7 Å². The molecule has 0 spiro atoms. The molecule has 0 bridgehead atoms. The van der Waals surface area contributed by atoms with Crippen LogP contribution in [0.15, 0.2) is 58.4 Å². The van der Waals surface area contributed by atoms with Gasteiger partial charge < -0.3 is 10.1 Å². The van der Waals surface area contributed by atoms with Crippen molar-refractivity contribution in [3.8, 4) is 11.4 Å². The first-order chi connectivity index (χ1) is 17.6. The van der Waals surface area contributed by atoms with Crippen molar-refractivity contribution in [3.63, 3.8) is 0 Å². The molecule has 0 aliphatic carbocycles. The number of hydrogen-bond acceptors (Lipinski definition) is 9. The Kier molecular flexibility index (Phi) is 7.10. The van der Waals surface area contributed by atoms with Crippen LogP contribution < -0.4 is 16.6 Å². The van der Waals surface area contributed by atoms with E-state index in [-0.39, 0.29) is 17.7 Å². The fourth-order valence-corrected chi connectivity index (χ4v) is 4.20. The van der Waals surface area contributed by atoms with Crippen LogP contribution in [0.5, 0.6) is 0 Å². The van der Waals surface area contributed by atoms with E-state index in [1.165, 1.54) is 11.6 Å². The van der Waals surface area contributed by atoms with Crippen LogP contribution in [0.2, 0.25) is 0 Å². The third-order valence-electron chi connectivity index (χ3n) is 6.24. The van der Waals surface area contributed by atoms with Crippen LogP contribution in [-0.4, -0.2) is 73.6 Å². The Labute approximate surface area is 207 Å². The molecule has 0 amide bonds. The monoisotopic (exact) mass is 488 g/mol. The van der Waals surface area contributed by atoms with Crippen LogP contribution in [0.3, 0.4) is 0 Å². The largest absolute Gasteiger partial charge is 0.385 e. The highest BCUT2D eigenvalue weighted by Gasteiger charge is 2.16. The molecule has 1 aliphatic heterocycles. The normalized spacial score (nSPS) is 14.2. The summed E-state index contributed by atoms with van der Waals surface area (Å²) >= 11 is 0. The molecule has 1 aromatic carbocycles. The molecule has 4 heterocycles. The first kappa shape index (κ1) is 23.8. The zero-order valence-corrected chi connectivity index (χ0v) is 20.1. The maximum Gasteiger partial charge on any atom is 0.332 e. The van der Waals surface area contributed by atoms with Crippen LogP contribution >= 0.6 is 0 Å². The highest BCUT2D eigenvalue weighted by atomic mass is 16.5. The second-order valence-electron chi connectivity index (χ2n) is 8.71. The van der Waals surface area contributed by atoms with E-state index in [0.29, 0.717) is 5.82 Å². The average molecular weight is 489 g/mol. The van der Waals surface area contributed by atoms with Gasteiger partial charge >= 0.3 is 5.69 Å². The van der Waals surface area contributed by atoms with Gasteiger partial charge in [0.1, 0.15) is 0 Å². The van der Waals surface area contributed by atoms with Gasteiger partial charge in [0.05, 0.1) is 19.8 Å². The Morgan fingerprint density at radius 2 is 1.86 bits per heavy atom. The van der Waals surface area contributed by atoms with Crippen molar-refractivity contribution in [3.05, 3.63) is 75.2 Å². The van der Waals surface area contributed by atoms with E-state index >= 15 is 0 Å². The number of benzene rings is 1. The average Bonchev–Trinajstić information content (AvgIpc) is 2.93. The van der Waals surface area contributed by atoms with E-state index in [4.69, 9.17) is 4.74 Å². The summed E-state index contributed by atoms with van der Waals surface area (Å²) in [5.74, 6) is 0.324. The molecule has 1 saturated heterocycles. The number of nitrogens with one attached hydrogen (secondary N) is 1. The van der Waals surface area contributed by atoms with Crippen LogP contribution in [0.4, 0.5) is 5.69 Å². The second kappa shape index (κ2) is 10.8. The van der Waals surface area contributed by atoms with E-state index in [0.717, 1.165) is 67.2 Å². The Morgan fingerprint density at radius 3 is 2.61 bits per heavy atom. The molecule has 0 saturated carbocycles. The quantitative estimate of drug-likeness (QED) is 0.364. The minimum absolute atomic E-state index is 0.0938.